The van der Waals surface area contributed by atoms with Crippen molar-refractivity contribution in [1.82, 2.24) is 15.5 Å². The largest absolute Gasteiger partial charge is 0.406 e. The fraction of sp³-hybridized carbons (Fsp3) is 0.333. The first-order valence-electron chi connectivity index (χ1n) is 5.79. The minimum absolute atomic E-state index is 0.0530. The molecule has 0 aliphatic rings. The molecule has 1 unspecified atom stereocenters. The molecule has 0 bridgehead atoms. The van der Waals surface area contributed by atoms with E-state index in [1.54, 1.807) is 0 Å². The van der Waals surface area contributed by atoms with Gasteiger partial charge in [-0.3, -0.25) is 0 Å². The van der Waals surface area contributed by atoms with E-state index in [0.717, 1.165) is 16.7 Å². The van der Waals surface area contributed by atoms with Crippen molar-refractivity contribution in [2.75, 3.05) is 11.9 Å². The second-order valence-electron chi connectivity index (χ2n) is 3.83. The molecule has 0 saturated heterocycles. The Kier molecular flexibility index (Phi) is 4.33. The molecule has 0 radical (unpaired) electrons. The molecule has 0 fully saturated rings. The van der Waals surface area contributed by atoms with Gasteiger partial charge in [-0.15, -0.1) is 5.10 Å². The van der Waals surface area contributed by atoms with Gasteiger partial charge in [0.1, 0.15) is 0 Å². The lowest BCUT2D eigenvalue weighted by atomic mass is 10.3. The van der Waals surface area contributed by atoms with Crippen LogP contribution in [-0.4, -0.2) is 16.7 Å². The smallest absolute Gasteiger partial charge is 0.320 e. The van der Waals surface area contributed by atoms with Crippen molar-refractivity contribution in [1.29, 1.82) is 0 Å². The first-order chi connectivity index (χ1) is 8.70. The maximum absolute atomic E-state index is 5.54. The number of aromatic nitrogens is 2. The van der Waals surface area contributed by atoms with Crippen molar-refractivity contribution in [3.63, 3.8) is 0 Å². The van der Waals surface area contributed by atoms with Crippen LogP contribution in [0.2, 0.25) is 0 Å². The molecule has 0 amide bonds. The normalized spacial score (nSPS) is 12.4. The first-order valence-corrected chi connectivity index (χ1v) is 6.58. The number of halogens is 1. The van der Waals surface area contributed by atoms with Crippen LogP contribution in [0.5, 0.6) is 0 Å². The molecule has 2 N–H and O–H groups in total. The van der Waals surface area contributed by atoms with Crippen LogP contribution >= 0.6 is 15.9 Å². The highest BCUT2D eigenvalue weighted by atomic mass is 79.9. The minimum Gasteiger partial charge on any atom is -0.406 e. The predicted molar refractivity (Wildman–Crippen MR) is 73.8 cm³/mol. The van der Waals surface area contributed by atoms with Crippen molar-refractivity contribution in [3.8, 4) is 0 Å². The summed E-state index contributed by atoms with van der Waals surface area (Å²) in [4.78, 5) is 0. The van der Waals surface area contributed by atoms with Crippen LogP contribution < -0.4 is 10.6 Å². The summed E-state index contributed by atoms with van der Waals surface area (Å²) in [5.74, 6) is 0.575. The Morgan fingerprint density at radius 1 is 1.33 bits per heavy atom. The van der Waals surface area contributed by atoms with Crippen LogP contribution in [0.3, 0.4) is 0 Å². The molecule has 2 aromatic rings. The van der Waals surface area contributed by atoms with Crippen LogP contribution in [0.25, 0.3) is 0 Å². The fourth-order valence-corrected chi connectivity index (χ4v) is 1.92. The van der Waals surface area contributed by atoms with Crippen molar-refractivity contribution in [2.45, 2.75) is 19.9 Å². The minimum atomic E-state index is 0.0530. The third kappa shape index (κ3) is 3.08. The number of nitrogens with zero attached hydrogens (tertiary/aromatic N) is 2. The van der Waals surface area contributed by atoms with Gasteiger partial charge in [0.05, 0.1) is 11.7 Å². The molecular weight excluding hydrogens is 296 g/mol. The first kappa shape index (κ1) is 13.0. The highest BCUT2D eigenvalue weighted by Gasteiger charge is 2.13. The molecule has 18 heavy (non-hydrogen) atoms. The summed E-state index contributed by atoms with van der Waals surface area (Å²) in [7, 11) is 0. The maximum atomic E-state index is 5.54. The van der Waals surface area contributed by atoms with Gasteiger partial charge in [0.2, 0.25) is 5.89 Å². The Bertz CT molecular complexity index is 514. The lowest BCUT2D eigenvalue weighted by Gasteiger charge is -2.06. The molecule has 0 aliphatic heterocycles. The van der Waals surface area contributed by atoms with Crippen LogP contribution in [0.4, 0.5) is 11.7 Å². The number of hydrogen-bond acceptors (Lipinski definition) is 5. The molecule has 0 spiro atoms. The molecule has 6 heteroatoms. The SMILES string of the molecule is CCNC(C)c1nnc(Nc2ccccc2Br)o1. The Hall–Kier alpha value is -1.40. The molecule has 1 aromatic heterocycles. The number of hydrogen-bond donors (Lipinski definition) is 2. The summed E-state index contributed by atoms with van der Waals surface area (Å²) in [6, 6.07) is 8.20. The van der Waals surface area contributed by atoms with Crippen LogP contribution in [0, 0.1) is 0 Å². The Balaban J connectivity index is 2.09. The average molecular weight is 311 g/mol. The van der Waals surface area contributed by atoms with Crippen molar-refractivity contribution < 1.29 is 4.42 Å². The Morgan fingerprint density at radius 3 is 2.83 bits per heavy atom. The summed E-state index contributed by atoms with van der Waals surface area (Å²) < 4.78 is 6.49. The summed E-state index contributed by atoms with van der Waals surface area (Å²) in [5, 5.41) is 14.3. The monoisotopic (exact) mass is 310 g/mol. The number of benzene rings is 1. The summed E-state index contributed by atoms with van der Waals surface area (Å²) in [6.07, 6.45) is 0. The van der Waals surface area contributed by atoms with Gasteiger partial charge in [0, 0.05) is 4.47 Å². The highest BCUT2D eigenvalue weighted by Crippen LogP contribution is 2.25. The quantitative estimate of drug-likeness (QED) is 0.887. The van der Waals surface area contributed by atoms with Crippen molar-refractivity contribution in [2.24, 2.45) is 0 Å². The van der Waals surface area contributed by atoms with E-state index in [9.17, 15) is 0 Å². The van der Waals surface area contributed by atoms with E-state index in [2.05, 4.69) is 36.8 Å². The summed E-state index contributed by atoms with van der Waals surface area (Å²) >= 11 is 3.45. The van der Waals surface area contributed by atoms with Crippen LogP contribution in [-0.2, 0) is 0 Å². The number of rotatable bonds is 5. The summed E-state index contributed by atoms with van der Waals surface area (Å²) in [5.41, 5.74) is 0.892. The molecule has 1 atom stereocenters. The topological polar surface area (TPSA) is 63.0 Å². The van der Waals surface area contributed by atoms with Gasteiger partial charge in [-0.05, 0) is 41.5 Å². The van der Waals surface area contributed by atoms with Gasteiger partial charge in [-0.25, -0.2) is 0 Å². The standard InChI is InChI=1S/C12H15BrN4O/c1-3-14-8(2)11-16-17-12(18-11)15-10-7-5-4-6-9(10)13/h4-8,14H,3H2,1-2H3,(H,15,17). The van der Waals surface area contributed by atoms with Gasteiger partial charge in [0.25, 0.3) is 0 Å². The maximum Gasteiger partial charge on any atom is 0.320 e. The van der Waals surface area contributed by atoms with Gasteiger partial charge in [-0.2, -0.15) is 0 Å². The zero-order valence-corrected chi connectivity index (χ0v) is 11.9. The van der Waals surface area contributed by atoms with Crippen molar-refractivity contribution in [3.05, 3.63) is 34.6 Å². The van der Waals surface area contributed by atoms with E-state index in [0.29, 0.717) is 11.9 Å². The van der Waals surface area contributed by atoms with E-state index in [-0.39, 0.29) is 6.04 Å². The van der Waals surface area contributed by atoms with E-state index in [4.69, 9.17) is 4.42 Å². The average Bonchev–Trinajstić information content (AvgIpc) is 2.81. The van der Waals surface area contributed by atoms with Gasteiger partial charge >= 0.3 is 6.01 Å². The second-order valence-corrected chi connectivity index (χ2v) is 4.68. The van der Waals surface area contributed by atoms with E-state index < -0.39 is 0 Å². The number of para-hydroxylation sites is 1. The highest BCUT2D eigenvalue weighted by molar-refractivity contribution is 9.10. The number of nitrogens with one attached hydrogen (secondary N) is 2. The zero-order chi connectivity index (χ0) is 13.0. The van der Waals surface area contributed by atoms with Gasteiger partial charge in [-0.1, -0.05) is 24.2 Å². The van der Waals surface area contributed by atoms with Gasteiger partial charge in [0.15, 0.2) is 0 Å². The lowest BCUT2D eigenvalue weighted by Crippen LogP contribution is -2.17. The number of anilines is 2. The lowest BCUT2D eigenvalue weighted by molar-refractivity contribution is 0.430. The molecule has 5 nitrogen and oxygen atoms in total. The predicted octanol–water partition coefficient (Wildman–Crippen LogP) is 3.25. The van der Waals surface area contributed by atoms with E-state index in [1.165, 1.54) is 0 Å². The summed E-state index contributed by atoms with van der Waals surface area (Å²) in [6.45, 7) is 4.88. The third-order valence-electron chi connectivity index (χ3n) is 2.44. The molecular formula is C12H15BrN4O. The van der Waals surface area contributed by atoms with Gasteiger partial charge < -0.3 is 15.1 Å². The molecule has 1 heterocycles. The Morgan fingerprint density at radius 2 is 2.11 bits per heavy atom. The van der Waals surface area contributed by atoms with Crippen LogP contribution in [0.15, 0.2) is 33.2 Å². The molecule has 96 valence electrons. The van der Waals surface area contributed by atoms with Crippen LogP contribution in [0.1, 0.15) is 25.8 Å². The molecule has 1 aromatic carbocycles. The van der Waals surface area contributed by atoms with E-state index >= 15 is 0 Å². The van der Waals surface area contributed by atoms with Crippen molar-refractivity contribution >= 4 is 27.6 Å². The molecule has 2 rings (SSSR count). The van der Waals surface area contributed by atoms with E-state index in [1.807, 2.05) is 38.1 Å². The zero-order valence-electron chi connectivity index (χ0n) is 10.3. The Labute approximate surface area is 114 Å². The fourth-order valence-electron chi connectivity index (χ4n) is 1.53. The molecule has 0 aliphatic carbocycles. The second kappa shape index (κ2) is 5.97. The third-order valence-corrected chi connectivity index (χ3v) is 3.13. The molecule has 0 saturated carbocycles.